The van der Waals surface area contributed by atoms with Crippen molar-refractivity contribution in [3.05, 3.63) is 11.7 Å². The number of nitrogens with zero attached hydrogens (tertiary/aromatic N) is 2. The number of thioether (sulfide) groups is 1. The topological polar surface area (TPSA) is 56.0 Å². The van der Waals surface area contributed by atoms with Crippen LogP contribution < -0.4 is 0 Å². The fraction of sp³-hybridized carbons (Fsp3) is 0.700. The van der Waals surface area contributed by atoms with Gasteiger partial charge < -0.3 is 4.52 Å². The van der Waals surface area contributed by atoms with Crippen molar-refractivity contribution in [2.24, 2.45) is 0 Å². The maximum absolute atomic E-state index is 10.8. The molecule has 0 unspecified atom stereocenters. The highest BCUT2D eigenvalue weighted by atomic mass is 32.2. The Bertz CT molecular complexity index is 341. The van der Waals surface area contributed by atoms with Gasteiger partial charge in [-0.05, 0) is 6.92 Å². The first-order valence-corrected chi connectivity index (χ1v) is 5.80. The van der Waals surface area contributed by atoms with Crippen LogP contribution in [0.25, 0.3) is 0 Å². The quantitative estimate of drug-likeness (QED) is 0.791. The molecule has 0 saturated heterocycles. The maximum atomic E-state index is 10.8. The van der Waals surface area contributed by atoms with E-state index in [4.69, 9.17) is 4.52 Å². The largest absolute Gasteiger partial charge is 0.339 e. The Morgan fingerprint density at radius 1 is 1.47 bits per heavy atom. The molecule has 0 N–H and O–H groups in total. The number of hydrogen-bond acceptors (Lipinski definition) is 5. The minimum Gasteiger partial charge on any atom is -0.339 e. The maximum Gasteiger partial charge on any atom is 0.234 e. The zero-order valence-electron chi connectivity index (χ0n) is 9.53. The predicted molar refractivity (Wildman–Crippen MR) is 59.7 cm³/mol. The fourth-order valence-corrected chi connectivity index (χ4v) is 1.59. The third kappa shape index (κ3) is 4.97. The molecule has 0 bridgehead atoms. The lowest BCUT2D eigenvalue weighted by Gasteiger charge is -2.15. The van der Waals surface area contributed by atoms with Gasteiger partial charge in [0, 0.05) is 4.75 Å². The van der Waals surface area contributed by atoms with E-state index in [1.54, 1.807) is 11.8 Å². The molecule has 0 saturated carbocycles. The van der Waals surface area contributed by atoms with Gasteiger partial charge in [0.05, 0.1) is 12.2 Å². The van der Waals surface area contributed by atoms with Crippen LogP contribution in [0.2, 0.25) is 0 Å². The van der Waals surface area contributed by atoms with Crippen LogP contribution >= 0.6 is 11.8 Å². The molecule has 0 aliphatic carbocycles. The first-order chi connectivity index (χ1) is 6.87. The summed E-state index contributed by atoms with van der Waals surface area (Å²) in [6.07, 6.45) is 0.229. The molecule has 4 nitrogen and oxygen atoms in total. The van der Waals surface area contributed by atoms with Gasteiger partial charge in [0.25, 0.3) is 0 Å². The molecule has 15 heavy (non-hydrogen) atoms. The number of carbonyl (C=O) groups is 1. The molecular weight excluding hydrogens is 212 g/mol. The highest BCUT2D eigenvalue weighted by Gasteiger charge is 2.14. The first kappa shape index (κ1) is 12.2. The molecule has 0 amide bonds. The van der Waals surface area contributed by atoms with Crippen LogP contribution in [0.4, 0.5) is 0 Å². The molecule has 0 aliphatic heterocycles. The van der Waals surface area contributed by atoms with Gasteiger partial charge in [-0.15, -0.1) is 11.8 Å². The molecule has 0 atom stereocenters. The number of carbonyl (C=O) groups excluding carboxylic acids is 1. The van der Waals surface area contributed by atoms with E-state index in [-0.39, 0.29) is 17.0 Å². The molecule has 0 aliphatic rings. The molecule has 84 valence electrons. The van der Waals surface area contributed by atoms with E-state index in [1.165, 1.54) is 6.92 Å². The second-order valence-electron chi connectivity index (χ2n) is 4.38. The SMILES string of the molecule is CC(=O)Cc1nc(CSC(C)(C)C)no1. The van der Waals surface area contributed by atoms with E-state index < -0.39 is 0 Å². The van der Waals surface area contributed by atoms with Gasteiger partial charge in [0.15, 0.2) is 5.82 Å². The van der Waals surface area contributed by atoms with Crippen LogP contribution in [0.3, 0.4) is 0 Å². The van der Waals surface area contributed by atoms with E-state index in [2.05, 4.69) is 30.9 Å². The number of ketones is 1. The van der Waals surface area contributed by atoms with Crippen molar-refractivity contribution in [2.45, 2.75) is 44.6 Å². The van der Waals surface area contributed by atoms with Crippen LogP contribution in [-0.2, 0) is 17.0 Å². The van der Waals surface area contributed by atoms with Crippen LogP contribution in [0.15, 0.2) is 4.52 Å². The number of rotatable bonds is 4. The fourth-order valence-electron chi connectivity index (χ4n) is 0.915. The van der Waals surface area contributed by atoms with Gasteiger partial charge in [-0.1, -0.05) is 25.9 Å². The predicted octanol–water partition coefficient (Wildman–Crippen LogP) is 2.23. The summed E-state index contributed by atoms with van der Waals surface area (Å²) in [7, 11) is 0. The van der Waals surface area contributed by atoms with Gasteiger partial charge >= 0.3 is 0 Å². The number of Topliss-reactive ketones (excluding diaryl/α,β-unsaturated/α-hetero) is 1. The Labute approximate surface area is 93.8 Å². The van der Waals surface area contributed by atoms with Crippen molar-refractivity contribution in [3.8, 4) is 0 Å². The van der Waals surface area contributed by atoms with Crippen LogP contribution in [0, 0.1) is 0 Å². The van der Waals surface area contributed by atoms with E-state index in [9.17, 15) is 4.79 Å². The van der Waals surface area contributed by atoms with Crippen LogP contribution in [0.5, 0.6) is 0 Å². The second kappa shape index (κ2) is 4.79. The molecule has 1 heterocycles. The van der Waals surface area contributed by atoms with Crippen LogP contribution in [-0.4, -0.2) is 20.7 Å². The van der Waals surface area contributed by atoms with Crippen molar-refractivity contribution in [2.75, 3.05) is 0 Å². The van der Waals surface area contributed by atoms with Crippen LogP contribution in [0.1, 0.15) is 39.4 Å². The monoisotopic (exact) mass is 228 g/mol. The minimum absolute atomic E-state index is 0.0358. The van der Waals surface area contributed by atoms with E-state index in [0.29, 0.717) is 17.5 Å². The highest BCUT2D eigenvalue weighted by molar-refractivity contribution is 7.99. The van der Waals surface area contributed by atoms with E-state index in [0.717, 1.165) is 0 Å². The molecule has 1 rings (SSSR count). The summed E-state index contributed by atoms with van der Waals surface area (Å²) in [5.74, 6) is 1.82. The summed E-state index contributed by atoms with van der Waals surface area (Å²) in [5.41, 5.74) is 0. The Balaban J connectivity index is 2.50. The minimum atomic E-state index is 0.0358. The third-order valence-corrected chi connectivity index (χ3v) is 2.81. The van der Waals surface area contributed by atoms with Crippen molar-refractivity contribution in [1.82, 2.24) is 10.1 Å². The third-order valence-electron chi connectivity index (χ3n) is 1.54. The van der Waals surface area contributed by atoms with Gasteiger partial charge in [-0.2, -0.15) is 4.98 Å². The molecule has 1 aromatic heterocycles. The standard InChI is InChI=1S/C10H16N2O2S/c1-7(13)5-9-11-8(12-14-9)6-15-10(2,3)4/h5-6H2,1-4H3. The van der Waals surface area contributed by atoms with E-state index in [1.807, 2.05) is 0 Å². The Morgan fingerprint density at radius 2 is 2.13 bits per heavy atom. The first-order valence-electron chi connectivity index (χ1n) is 4.82. The highest BCUT2D eigenvalue weighted by Crippen LogP contribution is 2.25. The summed E-state index contributed by atoms with van der Waals surface area (Å²) in [6, 6.07) is 0. The average molecular weight is 228 g/mol. The number of aromatic nitrogens is 2. The van der Waals surface area contributed by atoms with Crippen molar-refractivity contribution < 1.29 is 9.32 Å². The van der Waals surface area contributed by atoms with Gasteiger partial charge in [0.2, 0.25) is 5.89 Å². The normalized spacial score (nSPS) is 11.7. The Hall–Kier alpha value is -0.840. The van der Waals surface area contributed by atoms with Gasteiger partial charge in [-0.25, -0.2) is 0 Å². The lowest BCUT2D eigenvalue weighted by molar-refractivity contribution is -0.116. The lowest BCUT2D eigenvalue weighted by Crippen LogP contribution is -2.07. The summed E-state index contributed by atoms with van der Waals surface area (Å²) >= 11 is 1.75. The molecule has 0 aromatic carbocycles. The molecule has 0 spiro atoms. The zero-order valence-corrected chi connectivity index (χ0v) is 10.3. The number of hydrogen-bond donors (Lipinski definition) is 0. The van der Waals surface area contributed by atoms with Crippen molar-refractivity contribution in [1.29, 1.82) is 0 Å². The molecule has 0 fully saturated rings. The molecular formula is C10H16N2O2S. The molecule has 0 radical (unpaired) electrons. The van der Waals surface area contributed by atoms with Gasteiger partial charge in [-0.3, -0.25) is 4.79 Å². The van der Waals surface area contributed by atoms with Crippen molar-refractivity contribution >= 4 is 17.5 Å². The van der Waals surface area contributed by atoms with E-state index >= 15 is 0 Å². The molecule has 5 heteroatoms. The molecule has 1 aromatic rings. The average Bonchev–Trinajstić information content (AvgIpc) is 2.46. The lowest BCUT2D eigenvalue weighted by atomic mass is 10.3. The second-order valence-corrected chi connectivity index (χ2v) is 6.19. The summed E-state index contributed by atoms with van der Waals surface area (Å²) < 4.78 is 5.13. The van der Waals surface area contributed by atoms with Crippen molar-refractivity contribution in [3.63, 3.8) is 0 Å². The summed E-state index contributed by atoms with van der Waals surface area (Å²) in [4.78, 5) is 14.9. The summed E-state index contributed by atoms with van der Waals surface area (Å²) in [5, 5.41) is 3.81. The van der Waals surface area contributed by atoms with Gasteiger partial charge in [0.1, 0.15) is 5.78 Å². The summed E-state index contributed by atoms with van der Waals surface area (Å²) in [6.45, 7) is 7.91. The zero-order chi connectivity index (χ0) is 11.5. The Morgan fingerprint density at radius 3 is 2.67 bits per heavy atom. The Kier molecular flexibility index (Phi) is 3.90. The smallest absolute Gasteiger partial charge is 0.234 e.